The Hall–Kier alpha value is -2.56. The molecular weight excluding hydrogens is 292 g/mol. The highest BCUT2D eigenvalue weighted by atomic mass is 16.5. The summed E-state index contributed by atoms with van der Waals surface area (Å²) in [5.41, 5.74) is 3.67. The molecule has 0 aliphatic heterocycles. The number of aromatic nitrogens is 1. The molecule has 0 atom stereocenters. The lowest BCUT2D eigenvalue weighted by Crippen LogP contribution is -2.28. The monoisotopic (exact) mass is 312 g/mol. The van der Waals surface area contributed by atoms with Crippen molar-refractivity contribution in [3.63, 3.8) is 0 Å². The number of hydrogen-bond acceptors (Lipinski definition) is 3. The fraction of sp³-hybridized carbons (Fsp3) is 0.333. The van der Waals surface area contributed by atoms with E-state index in [2.05, 4.69) is 22.4 Å². The van der Waals surface area contributed by atoms with Crippen molar-refractivity contribution in [2.45, 2.75) is 26.2 Å². The van der Waals surface area contributed by atoms with Crippen LogP contribution in [0.3, 0.4) is 0 Å². The predicted octanol–water partition coefficient (Wildman–Crippen LogP) is 2.51. The Bertz CT molecular complexity index is 734. The van der Waals surface area contributed by atoms with Crippen LogP contribution in [0.5, 0.6) is 5.75 Å². The molecule has 0 radical (unpaired) electrons. The minimum Gasteiger partial charge on any atom is -0.492 e. The molecule has 1 aliphatic rings. The molecule has 0 spiro atoms. The molecule has 5 nitrogen and oxygen atoms in total. The summed E-state index contributed by atoms with van der Waals surface area (Å²) >= 11 is 0. The average molecular weight is 312 g/mol. The van der Waals surface area contributed by atoms with E-state index >= 15 is 0 Å². The fourth-order valence-corrected chi connectivity index (χ4v) is 2.80. The van der Waals surface area contributed by atoms with Gasteiger partial charge in [0.1, 0.15) is 18.1 Å². The van der Waals surface area contributed by atoms with Gasteiger partial charge in [-0.25, -0.2) is 0 Å². The minimum absolute atomic E-state index is 0.0692. The van der Waals surface area contributed by atoms with E-state index in [-0.39, 0.29) is 11.7 Å². The van der Waals surface area contributed by atoms with E-state index in [0.717, 1.165) is 18.6 Å². The van der Waals surface area contributed by atoms with Gasteiger partial charge < -0.3 is 15.0 Å². The van der Waals surface area contributed by atoms with Gasteiger partial charge in [-0.05, 0) is 55.5 Å². The second-order valence-corrected chi connectivity index (χ2v) is 5.75. The van der Waals surface area contributed by atoms with E-state index in [9.17, 15) is 9.59 Å². The molecule has 0 unspecified atom stereocenters. The molecule has 1 aliphatic carbocycles. The molecule has 1 aromatic heterocycles. The second kappa shape index (κ2) is 6.69. The van der Waals surface area contributed by atoms with Crippen LogP contribution < -0.4 is 10.1 Å². The summed E-state index contributed by atoms with van der Waals surface area (Å²) in [5.74, 6) is 0.536. The van der Waals surface area contributed by atoms with Crippen LogP contribution in [0.4, 0.5) is 0 Å². The number of amides is 1. The first kappa shape index (κ1) is 15.3. The number of fused-ring (bicyclic) bond motifs is 1. The quantitative estimate of drug-likeness (QED) is 0.636. The number of aryl methyl sites for hydroxylation is 2. The number of carbonyl (C=O) groups is 2. The van der Waals surface area contributed by atoms with Crippen LogP contribution in [0.1, 0.15) is 45.3 Å². The summed E-state index contributed by atoms with van der Waals surface area (Å²) < 4.78 is 5.68. The van der Waals surface area contributed by atoms with Gasteiger partial charge in [-0.1, -0.05) is 6.07 Å². The smallest absolute Gasteiger partial charge is 0.267 e. The highest BCUT2D eigenvalue weighted by molar-refractivity contribution is 5.99. The standard InChI is InChI=1S/C18H20N2O3/c1-12(21)15-10-17(20-11-15)18(22)19-7-8-23-16-6-5-13-3-2-4-14(13)9-16/h5-6,9-11,20H,2-4,7-8H2,1H3,(H,19,22). The lowest BCUT2D eigenvalue weighted by atomic mass is 10.1. The van der Waals surface area contributed by atoms with Gasteiger partial charge >= 0.3 is 0 Å². The number of ketones is 1. The van der Waals surface area contributed by atoms with Gasteiger partial charge in [0, 0.05) is 11.8 Å². The zero-order chi connectivity index (χ0) is 16.2. The normalized spacial score (nSPS) is 12.7. The number of aromatic amines is 1. The first-order valence-corrected chi connectivity index (χ1v) is 7.85. The summed E-state index contributed by atoms with van der Waals surface area (Å²) in [6.07, 6.45) is 5.03. The number of carbonyl (C=O) groups excluding carboxylic acids is 2. The summed E-state index contributed by atoms with van der Waals surface area (Å²) in [6.45, 7) is 2.28. The molecule has 3 rings (SSSR count). The van der Waals surface area contributed by atoms with Gasteiger partial charge in [0.15, 0.2) is 5.78 Å². The van der Waals surface area contributed by atoms with Gasteiger partial charge in [-0.15, -0.1) is 0 Å². The number of rotatable bonds is 6. The molecule has 23 heavy (non-hydrogen) atoms. The Labute approximate surface area is 135 Å². The SMILES string of the molecule is CC(=O)c1c[nH]c(C(=O)NCCOc2ccc3c(c2)CCC3)c1. The van der Waals surface area contributed by atoms with Crippen LogP contribution in [0.2, 0.25) is 0 Å². The van der Waals surface area contributed by atoms with E-state index in [1.165, 1.54) is 30.7 Å². The van der Waals surface area contributed by atoms with Crippen molar-refractivity contribution < 1.29 is 14.3 Å². The summed E-state index contributed by atoms with van der Waals surface area (Å²) in [6, 6.07) is 7.75. The first-order chi connectivity index (χ1) is 11.1. The molecule has 120 valence electrons. The third-order valence-corrected chi connectivity index (χ3v) is 4.06. The maximum atomic E-state index is 11.9. The van der Waals surface area contributed by atoms with Crippen LogP contribution in [-0.4, -0.2) is 29.8 Å². The number of H-pyrrole nitrogens is 1. The Morgan fingerprint density at radius 3 is 2.83 bits per heavy atom. The molecule has 0 saturated carbocycles. The van der Waals surface area contributed by atoms with Crippen LogP contribution in [0.15, 0.2) is 30.5 Å². The van der Waals surface area contributed by atoms with Crippen molar-refractivity contribution in [1.82, 2.24) is 10.3 Å². The average Bonchev–Trinajstić information content (AvgIpc) is 3.19. The summed E-state index contributed by atoms with van der Waals surface area (Å²) in [5, 5.41) is 2.77. The number of nitrogens with one attached hydrogen (secondary N) is 2. The molecule has 0 fully saturated rings. The zero-order valence-electron chi connectivity index (χ0n) is 13.1. The molecule has 2 N–H and O–H groups in total. The molecule has 2 aromatic rings. The molecule has 1 aromatic carbocycles. The summed E-state index contributed by atoms with van der Waals surface area (Å²) in [4.78, 5) is 25.9. The topological polar surface area (TPSA) is 71.2 Å². The Kier molecular flexibility index (Phi) is 4.46. The second-order valence-electron chi connectivity index (χ2n) is 5.75. The number of Topliss-reactive ketones (excluding diaryl/α,β-unsaturated/α-hetero) is 1. The van der Waals surface area contributed by atoms with Crippen molar-refractivity contribution >= 4 is 11.7 Å². The predicted molar refractivity (Wildman–Crippen MR) is 87.1 cm³/mol. The van der Waals surface area contributed by atoms with Crippen LogP contribution in [-0.2, 0) is 12.8 Å². The van der Waals surface area contributed by atoms with Crippen molar-refractivity contribution in [3.8, 4) is 5.75 Å². The maximum absolute atomic E-state index is 11.9. The van der Waals surface area contributed by atoms with E-state index in [0.29, 0.717) is 24.4 Å². The highest BCUT2D eigenvalue weighted by Gasteiger charge is 2.12. The highest BCUT2D eigenvalue weighted by Crippen LogP contribution is 2.25. The van der Waals surface area contributed by atoms with Crippen molar-refractivity contribution in [2.75, 3.05) is 13.2 Å². The fourth-order valence-electron chi connectivity index (χ4n) is 2.80. The molecule has 1 amide bonds. The maximum Gasteiger partial charge on any atom is 0.267 e. The third kappa shape index (κ3) is 3.62. The molecule has 0 saturated heterocycles. The van der Waals surface area contributed by atoms with Crippen LogP contribution in [0.25, 0.3) is 0 Å². The summed E-state index contributed by atoms with van der Waals surface area (Å²) in [7, 11) is 0. The zero-order valence-corrected chi connectivity index (χ0v) is 13.1. The Morgan fingerprint density at radius 1 is 1.22 bits per heavy atom. The largest absolute Gasteiger partial charge is 0.492 e. The van der Waals surface area contributed by atoms with Gasteiger partial charge in [0.2, 0.25) is 0 Å². The van der Waals surface area contributed by atoms with Crippen molar-refractivity contribution in [3.05, 3.63) is 52.8 Å². The lowest BCUT2D eigenvalue weighted by Gasteiger charge is -2.09. The molecule has 0 bridgehead atoms. The van der Waals surface area contributed by atoms with Gasteiger partial charge in [-0.3, -0.25) is 9.59 Å². The number of benzene rings is 1. The third-order valence-electron chi connectivity index (χ3n) is 4.06. The van der Waals surface area contributed by atoms with E-state index < -0.39 is 0 Å². The molecule has 1 heterocycles. The van der Waals surface area contributed by atoms with Gasteiger partial charge in [0.05, 0.1) is 6.54 Å². The number of hydrogen-bond donors (Lipinski definition) is 2. The van der Waals surface area contributed by atoms with E-state index in [1.807, 2.05) is 6.07 Å². The number of ether oxygens (including phenoxy) is 1. The Morgan fingerprint density at radius 2 is 2.04 bits per heavy atom. The Balaban J connectivity index is 1.45. The van der Waals surface area contributed by atoms with Crippen molar-refractivity contribution in [2.24, 2.45) is 0 Å². The molecular formula is C18H20N2O3. The van der Waals surface area contributed by atoms with Crippen LogP contribution in [0, 0.1) is 0 Å². The van der Waals surface area contributed by atoms with Crippen LogP contribution >= 0.6 is 0 Å². The van der Waals surface area contributed by atoms with E-state index in [1.54, 1.807) is 6.07 Å². The first-order valence-electron chi connectivity index (χ1n) is 7.85. The van der Waals surface area contributed by atoms with E-state index in [4.69, 9.17) is 4.74 Å². The van der Waals surface area contributed by atoms with Gasteiger partial charge in [-0.2, -0.15) is 0 Å². The minimum atomic E-state index is -0.241. The molecule has 5 heteroatoms. The van der Waals surface area contributed by atoms with Crippen molar-refractivity contribution in [1.29, 1.82) is 0 Å². The van der Waals surface area contributed by atoms with Gasteiger partial charge in [0.25, 0.3) is 5.91 Å². The lowest BCUT2D eigenvalue weighted by molar-refractivity contribution is 0.0942.